The van der Waals surface area contributed by atoms with E-state index in [1.54, 1.807) is 0 Å². The molecule has 1 rings (SSSR count). The highest BCUT2D eigenvalue weighted by Crippen LogP contribution is 1.83. The Hall–Kier alpha value is -0.875. The minimum atomic E-state index is -0.907. The van der Waals surface area contributed by atoms with E-state index in [0.717, 1.165) is 13.0 Å². The number of hydrogen-bond donors (Lipinski definition) is 2. The maximum atomic E-state index is 9.14. The van der Waals surface area contributed by atoms with Gasteiger partial charge in [0.25, 0.3) is 0 Å². The minimum absolute atomic E-state index is 0.315. The predicted molar refractivity (Wildman–Crippen MR) is 45.0 cm³/mol. The van der Waals surface area contributed by atoms with Crippen LogP contribution in [-0.4, -0.2) is 38.5 Å². The Bertz CT molecular complexity index is 240. The second-order valence-electron chi connectivity index (χ2n) is 2.56. The van der Waals surface area contributed by atoms with E-state index >= 15 is 0 Å². The van der Waals surface area contributed by atoms with Crippen LogP contribution in [-0.2, 0) is 6.54 Å². The second-order valence-corrected chi connectivity index (χ2v) is 2.56. The van der Waals surface area contributed by atoms with Crippen LogP contribution >= 0.6 is 0 Å². The van der Waals surface area contributed by atoms with Gasteiger partial charge < -0.3 is 10.1 Å². The van der Waals surface area contributed by atoms with Crippen molar-refractivity contribution in [3.05, 3.63) is 6.20 Å². The summed E-state index contributed by atoms with van der Waals surface area (Å²) >= 11 is 0. The number of aryl methyl sites for hydroxylation is 1. The van der Waals surface area contributed by atoms with Gasteiger partial charge in [-0.3, -0.25) is 0 Å². The zero-order valence-corrected chi connectivity index (χ0v) is 7.01. The van der Waals surface area contributed by atoms with Crippen LogP contribution in [0, 0.1) is 0 Å². The molecule has 1 aromatic heterocycles. The van der Waals surface area contributed by atoms with E-state index in [1.807, 2.05) is 6.92 Å². The summed E-state index contributed by atoms with van der Waals surface area (Å²) in [7, 11) is 0. The normalized spacial score (nSPS) is 10.2. The number of rotatable bonds is 4. The number of aromatic nitrogens is 3. The molecule has 0 aliphatic heterocycles. The Morgan fingerprint density at radius 1 is 1.67 bits per heavy atom. The fourth-order valence-corrected chi connectivity index (χ4v) is 0.865. The van der Waals surface area contributed by atoms with Crippen LogP contribution in [0.15, 0.2) is 6.20 Å². The van der Waals surface area contributed by atoms with Crippen LogP contribution in [0.2, 0.25) is 0 Å². The number of nitrogens with zero attached hydrogens (tertiary/aromatic N) is 3. The molecule has 1 aromatic rings. The smallest absolute Gasteiger partial charge is 0.374 e. The van der Waals surface area contributed by atoms with Crippen molar-refractivity contribution in [1.29, 1.82) is 0 Å². The van der Waals surface area contributed by atoms with E-state index in [4.69, 9.17) is 10.1 Å². The highest BCUT2D eigenvalue weighted by molar-refractivity contribution is 6.64. The van der Waals surface area contributed by atoms with Crippen molar-refractivity contribution in [2.75, 3.05) is 6.51 Å². The molecule has 6 heteroatoms. The van der Waals surface area contributed by atoms with Crippen LogP contribution in [0.25, 0.3) is 0 Å². The first kappa shape index (κ1) is 9.21. The lowest BCUT2D eigenvalue weighted by Crippen LogP contribution is -2.35. The van der Waals surface area contributed by atoms with Gasteiger partial charge in [0.05, 0.1) is 24.8 Å². The molecule has 0 aliphatic carbocycles. The molecular weight excluding hydrogens is 157 g/mol. The van der Waals surface area contributed by atoms with E-state index in [0.29, 0.717) is 5.59 Å². The van der Waals surface area contributed by atoms with Gasteiger partial charge in [-0.15, -0.1) is 0 Å². The molecule has 0 unspecified atom stereocenters. The minimum Gasteiger partial charge on any atom is -0.444 e. The number of hydrogen-bond acceptors (Lipinski definition) is 4. The van der Waals surface area contributed by atoms with Gasteiger partial charge >= 0.3 is 6.92 Å². The molecule has 5 nitrogen and oxygen atoms in total. The highest BCUT2D eigenvalue weighted by atomic mass is 16.3. The molecule has 0 aliphatic rings. The summed E-state index contributed by atoms with van der Waals surface area (Å²) in [6, 6.07) is 0. The fraction of sp³-hybridized carbons (Fsp3) is 0.667. The Morgan fingerprint density at radius 3 is 3.00 bits per heavy atom. The van der Waals surface area contributed by atoms with E-state index in [9.17, 15) is 0 Å². The molecule has 66 valence electrons. The number of aliphatic hydroxyl groups is 1. The summed E-state index contributed by atoms with van der Waals surface area (Å²) in [5.74, 6) is 0. The molecule has 12 heavy (non-hydrogen) atoms. The Kier molecular flexibility index (Phi) is 3.24. The summed E-state index contributed by atoms with van der Waals surface area (Å²) in [6.07, 6.45) is 2.42. The Labute approximate surface area is 71.1 Å². The van der Waals surface area contributed by atoms with Crippen molar-refractivity contribution in [2.24, 2.45) is 0 Å². The second kappa shape index (κ2) is 4.23. The highest BCUT2D eigenvalue weighted by Gasteiger charge is 2.16. The Morgan fingerprint density at radius 2 is 2.42 bits per heavy atom. The average molecular weight is 169 g/mol. The molecule has 0 bridgehead atoms. The zero-order valence-electron chi connectivity index (χ0n) is 7.01. The van der Waals surface area contributed by atoms with Gasteiger partial charge in [-0.25, -0.2) is 0 Å². The number of aliphatic hydroxyl groups excluding tert-OH is 1. The summed E-state index contributed by atoms with van der Waals surface area (Å²) in [6.45, 7) is 1.53. The van der Waals surface area contributed by atoms with Crippen molar-refractivity contribution in [3.8, 4) is 0 Å². The monoisotopic (exact) mass is 169 g/mol. The van der Waals surface area contributed by atoms with Crippen LogP contribution in [0.3, 0.4) is 0 Å². The van der Waals surface area contributed by atoms with Crippen molar-refractivity contribution < 1.29 is 10.1 Å². The topological polar surface area (TPSA) is 71.2 Å². The molecular formula is C6H12BN3O2. The van der Waals surface area contributed by atoms with Gasteiger partial charge in [-0.05, 0) is 6.42 Å². The summed E-state index contributed by atoms with van der Waals surface area (Å²) in [5.41, 5.74) is 0.422. The molecule has 1 heterocycles. The van der Waals surface area contributed by atoms with Crippen molar-refractivity contribution >= 4 is 12.5 Å². The third kappa shape index (κ3) is 2.05. The molecule has 0 atom stereocenters. The first-order chi connectivity index (χ1) is 5.77. The van der Waals surface area contributed by atoms with Gasteiger partial charge in [-0.1, -0.05) is 6.92 Å². The maximum absolute atomic E-state index is 9.14. The molecule has 0 radical (unpaired) electrons. The molecule has 0 amide bonds. The van der Waals surface area contributed by atoms with Gasteiger partial charge in [0.2, 0.25) is 0 Å². The SMILES string of the molecule is CCCn1ncc(B(O)CO)n1. The van der Waals surface area contributed by atoms with Gasteiger partial charge in [0, 0.05) is 0 Å². The Balaban J connectivity index is 2.63. The lowest BCUT2D eigenvalue weighted by molar-refractivity contribution is 0.342. The first-order valence-electron chi connectivity index (χ1n) is 3.97. The molecule has 0 saturated carbocycles. The lowest BCUT2D eigenvalue weighted by Gasteiger charge is -1.96. The quantitative estimate of drug-likeness (QED) is 0.533. The van der Waals surface area contributed by atoms with Crippen LogP contribution in [0.1, 0.15) is 13.3 Å². The van der Waals surface area contributed by atoms with Gasteiger partial charge in [0.15, 0.2) is 0 Å². The first-order valence-corrected chi connectivity index (χ1v) is 3.97. The molecule has 0 fully saturated rings. The van der Waals surface area contributed by atoms with Gasteiger partial charge in [0.1, 0.15) is 0 Å². The lowest BCUT2D eigenvalue weighted by atomic mass is 9.67. The summed E-state index contributed by atoms with van der Waals surface area (Å²) in [5, 5.41) is 25.6. The van der Waals surface area contributed by atoms with Gasteiger partial charge in [-0.2, -0.15) is 15.0 Å². The third-order valence-electron chi connectivity index (χ3n) is 1.49. The maximum Gasteiger partial charge on any atom is 0.374 e. The van der Waals surface area contributed by atoms with E-state index in [-0.39, 0.29) is 6.51 Å². The molecule has 0 spiro atoms. The average Bonchev–Trinajstić information content (AvgIpc) is 2.52. The van der Waals surface area contributed by atoms with Crippen LogP contribution in [0.5, 0.6) is 0 Å². The summed E-state index contributed by atoms with van der Waals surface area (Å²) < 4.78 is 0. The standard InChI is InChI=1S/C6H12BN3O2/c1-2-3-10-8-4-6(9-10)7(12)5-11/h4,11-12H,2-3,5H2,1H3. The fourth-order valence-electron chi connectivity index (χ4n) is 0.865. The molecule has 0 aromatic carbocycles. The van der Waals surface area contributed by atoms with Crippen LogP contribution in [0.4, 0.5) is 0 Å². The van der Waals surface area contributed by atoms with E-state index in [1.165, 1.54) is 11.0 Å². The van der Waals surface area contributed by atoms with E-state index in [2.05, 4.69) is 10.2 Å². The van der Waals surface area contributed by atoms with Crippen molar-refractivity contribution in [1.82, 2.24) is 15.0 Å². The zero-order chi connectivity index (χ0) is 8.97. The predicted octanol–water partition coefficient (Wildman–Crippen LogP) is -1.59. The molecule has 0 saturated heterocycles. The third-order valence-corrected chi connectivity index (χ3v) is 1.49. The van der Waals surface area contributed by atoms with Crippen molar-refractivity contribution in [2.45, 2.75) is 19.9 Å². The van der Waals surface area contributed by atoms with Crippen molar-refractivity contribution in [3.63, 3.8) is 0 Å². The largest absolute Gasteiger partial charge is 0.444 e. The summed E-state index contributed by atoms with van der Waals surface area (Å²) in [4.78, 5) is 1.51. The van der Waals surface area contributed by atoms with E-state index < -0.39 is 6.92 Å². The van der Waals surface area contributed by atoms with Crippen LogP contribution < -0.4 is 5.59 Å². The molecule has 2 N–H and O–H groups in total.